The molecule has 0 saturated heterocycles. The predicted octanol–water partition coefficient (Wildman–Crippen LogP) is 6.19. The zero-order valence-electron chi connectivity index (χ0n) is 22.6. The van der Waals surface area contributed by atoms with Crippen LogP contribution in [-0.4, -0.2) is 43.8 Å². The number of halogens is 3. The van der Waals surface area contributed by atoms with Gasteiger partial charge < -0.3 is 10.2 Å². The first kappa shape index (κ1) is 30.8. The number of sulfonamides is 1. The van der Waals surface area contributed by atoms with Gasteiger partial charge in [0.25, 0.3) is 10.0 Å². The first-order chi connectivity index (χ1) is 19.6. The average Bonchev–Trinajstić information content (AvgIpc) is 3.47. The van der Waals surface area contributed by atoms with E-state index in [2.05, 4.69) is 5.32 Å². The Hall–Kier alpha value is -3.14. The second-order valence-corrected chi connectivity index (χ2v) is 12.7. The molecule has 3 aromatic carbocycles. The van der Waals surface area contributed by atoms with Crippen molar-refractivity contribution in [3.63, 3.8) is 0 Å². The fraction of sp³-hybridized carbons (Fsp3) is 0.333. The van der Waals surface area contributed by atoms with Gasteiger partial charge in [0.05, 0.1) is 20.6 Å². The summed E-state index contributed by atoms with van der Waals surface area (Å²) in [6.45, 7) is 1.17. The number of carbonyl (C=O) groups excluding carboxylic acids is 2. The predicted molar refractivity (Wildman–Crippen MR) is 159 cm³/mol. The molecule has 0 heterocycles. The van der Waals surface area contributed by atoms with Gasteiger partial charge in [-0.2, -0.15) is 0 Å². The fourth-order valence-electron chi connectivity index (χ4n) is 4.96. The monoisotopic (exact) mass is 619 g/mol. The Morgan fingerprint density at radius 3 is 2.24 bits per heavy atom. The maximum Gasteiger partial charge on any atom is 0.264 e. The highest BCUT2D eigenvalue weighted by atomic mass is 35.5. The number of nitrogens with zero attached hydrogens (tertiary/aromatic N) is 2. The molecule has 1 unspecified atom stereocenters. The highest BCUT2D eigenvalue weighted by Gasteiger charge is 2.34. The van der Waals surface area contributed by atoms with E-state index in [0.717, 1.165) is 30.0 Å². The lowest BCUT2D eigenvalue weighted by Gasteiger charge is -2.33. The molecule has 1 saturated carbocycles. The molecule has 11 heteroatoms. The Labute approximate surface area is 250 Å². The van der Waals surface area contributed by atoms with Crippen molar-refractivity contribution in [1.82, 2.24) is 10.2 Å². The summed E-state index contributed by atoms with van der Waals surface area (Å²) < 4.78 is 42.3. The van der Waals surface area contributed by atoms with Crippen LogP contribution >= 0.6 is 23.2 Å². The lowest BCUT2D eigenvalue weighted by Crippen LogP contribution is -2.53. The summed E-state index contributed by atoms with van der Waals surface area (Å²) in [4.78, 5) is 28.9. The maximum absolute atomic E-state index is 14.1. The highest BCUT2D eigenvalue weighted by Crippen LogP contribution is 2.31. The van der Waals surface area contributed by atoms with E-state index in [0.29, 0.717) is 12.0 Å². The highest BCUT2D eigenvalue weighted by molar-refractivity contribution is 7.92. The van der Waals surface area contributed by atoms with Crippen molar-refractivity contribution in [1.29, 1.82) is 0 Å². The van der Waals surface area contributed by atoms with E-state index in [4.69, 9.17) is 23.2 Å². The van der Waals surface area contributed by atoms with Crippen molar-refractivity contribution in [3.8, 4) is 0 Å². The van der Waals surface area contributed by atoms with Crippen LogP contribution in [0.1, 0.15) is 44.6 Å². The van der Waals surface area contributed by atoms with E-state index in [1.807, 2.05) is 0 Å². The van der Waals surface area contributed by atoms with Gasteiger partial charge in [-0.25, -0.2) is 12.8 Å². The van der Waals surface area contributed by atoms with Crippen molar-refractivity contribution in [2.45, 2.75) is 62.6 Å². The Kier molecular flexibility index (Phi) is 10.3. The molecule has 0 spiro atoms. The summed E-state index contributed by atoms with van der Waals surface area (Å²) in [5.41, 5.74) is 0.737. The smallest absolute Gasteiger partial charge is 0.264 e. The molecule has 3 aromatic rings. The molecule has 1 aliphatic rings. The number of amides is 2. The summed E-state index contributed by atoms with van der Waals surface area (Å²) in [7, 11) is -4.23. The molecule has 1 fully saturated rings. The van der Waals surface area contributed by atoms with Gasteiger partial charge in [-0.1, -0.05) is 73.3 Å². The molecule has 0 bridgehead atoms. The molecule has 1 aliphatic carbocycles. The number of nitrogens with one attached hydrogen (secondary N) is 1. The second-order valence-electron chi connectivity index (χ2n) is 9.99. The number of hydrogen-bond acceptors (Lipinski definition) is 4. The van der Waals surface area contributed by atoms with E-state index in [1.54, 1.807) is 25.1 Å². The van der Waals surface area contributed by atoms with Crippen molar-refractivity contribution < 1.29 is 22.4 Å². The zero-order valence-corrected chi connectivity index (χ0v) is 24.9. The molecule has 7 nitrogen and oxygen atoms in total. The SMILES string of the molecule is CCC(C(=O)NC1CCCC1)N(Cc1ccc(F)cc1)C(=O)CN(c1ccc(Cl)c(Cl)c1)S(=O)(=O)c1ccccc1. The standard InChI is InChI=1S/C30H32Cl2FN3O4S/c1-2-28(30(38)34-23-8-6-7-9-23)35(19-21-12-14-22(33)15-13-21)29(37)20-36(24-16-17-26(31)27(32)18-24)41(39,40)25-10-4-3-5-11-25/h3-5,10-18,23,28H,2,6-9,19-20H2,1H3,(H,34,38). The van der Waals surface area contributed by atoms with E-state index in [-0.39, 0.29) is 39.1 Å². The number of carbonyl (C=O) groups is 2. The second kappa shape index (κ2) is 13.7. The summed E-state index contributed by atoms with van der Waals surface area (Å²) in [6, 6.07) is 16.8. The van der Waals surface area contributed by atoms with E-state index in [9.17, 15) is 22.4 Å². The van der Waals surface area contributed by atoms with Crippen molar-refractivity contribution in [2.24, 2.45) is 0 Å². The zero-order chi connectivity index (χ0) is 29.6. The third kappa shape index (κ3) is 7.58. The largest absolute Gasteiger partial charge is 0.352 e. The van der Waals surface area contributed by atoms with Gasteiger partial charge in [0, 0.05) is 12.6 Å². The average molecular weight is 621 g/mol. The molecular formula is C30H32Cl2FN3O4S. The van der Waals surface area contributed by atoms with Crippen LogP contribution in [-0.2, 0) is 26.2 Å². The lowest BCUT2D eigenvalue weighted by molar-refractivity contribution is -0.140. The van der Waals surface area contributed by atoms with Gasteiger partial charge >= 0.3 is 0 Å². The van der Waals surface area contributed by atoms with Gasteiger partial charge in [0.1, 0.15) is 18.4 Å². The molecule has 218 valence electrons. The molecule has 4 rings (SSSR count). The molecule has 2 amide bonds. The minimum Gasteiger partial charge on any atom is -0.352 e. The molecule has 41 heavy (non-hydrogen) atoms. The number of anilines is 1. The number of hydrogen-bond donors (Lipinski definition) is 1. The number of rotatable bonds is 11. The molecular weight excluding hydrogens is 588 g/mol. The van der Waals surface area contributed by atoms with E-state index >= 15 is 0 Å². The van der Waals surface area contributed by atoms with Gasteiger partial charge in [-0.3, -0.25) is 13.9 Å². The maximum atomic E-state index is 14.1. The van der Waals surface area contributed by atoms with Crippen LogP contribution in [0.25, 0.3) is 0 Å². The third-order valence-electron chi connectivity index (χ3n) is 7.15. The molecule has 0 aliphatic heterocycles. The minimum atomic E-state index is -4.23. The Morgan fingerprint density at radius 1 is 0.976 bits per heavy atom. The molecule has 0 radical (unpaired) electrons. The van der Waals surface area contributed by atoms with E-state index < -0.39 is 34.3 Å². The van der Waals surface area contributed by atoms with Crippen LogP contribution in [0.5, 0.6) is 0 Å². The Bertz CT molecular complexity index is 1470. The topological polar surface area (TPSA) is 86.8 Å². The molecule has 1 atom stereocenters. The van der Waals surface area contributed by atoms with Gasteiger partial charge in [0.15, 0.2) is 0 Å². The first-order valence-corrected chi connectivity index (χ1v) is 15.7. The quantitative estimate of drug-likeness (QED) is 0.277. The van der Waals surface area contributed by atoms with Crippen molar-refractivity contribution >= 4 is 50.7 Å². The Morgan fingerprint density at radius 2 is 1.63 bits per heavy atom. The third-order valence-corrected chi connectivity index (χ3v) is 9.68. The number of benzene rings is 3. The fourth-order valence-corrected chi connectivity index (χ4v) is 6.68. The Balaban J connectivity index is 1.72. The van der Waals surface area contributed by atoms with Gasteiger partial charge in [0.2, 0.25) is 11.8 Å². The van der Waals surface area contributed by atoms with E-state index in [1.165, 1.54) is 59.5 Å². The van der Waals surface area contributed by atoms with Crippen LogP contribution in [0.2, 0.25) is 10.0 Å². The van der Waals surface area contributed by atoms with Gasteiger partial charge in [-0.15, -0.1) is 0 Å². The molecule has 0 aromatic heterocycles. The van der Waals surface area contributed by atoms with Gasteiger partial charge in [-0.05, 0) is 67.3 Å². The first-order valence-electron chi connectivity index (χ1n) is 13.5. The minimum absolute atomic E-state index is 0.0176. The van der Waals surface area contributed by atoms with Crippen LogP contribution in [0.4, 0.5) is 10.1 Å². The van der Waals surface area contributed by atoms with Crippen molar-refractivity contribution in [3.05, 3.63) is 94.2 Å². The summed E-state index contributed by atoms with van der Waals surface area (Å²) in [5.74, 6) is -1.34. The van der Waals surface area contributed by atoms with Crippen molar-refractivity contribution in [2.75, 3.05) is 10.8 Å². The lowest BCUT2D eigenvalue weighted by atomic mass is 10.1. The van der Waals surface area contributed by atoms with Crippen LogP contribution in [0.3, 0.4) is 0 Å². The normalized spacial score (nSPS) is 14.4. The van der Waals surface area contributed by atoms with Crippen LogP contribution < -0.4 is 9.62 Å². The summed E-state index contributed by atoms with van der Waals surface area (Å²) in [5, 5.41) is 3.41. The van der Waals surface area contributed by atoms with Crippen LogP contribution in [0.15, 0.2) is 77.7 Å². The summed E-state index contributed by atoms with van der Waals surface area (Å²) >= 11 is 12.3. The van der Waals surface area contributed by atoms with Crippen LogP contribution in [0, 0.1) is 5.82 Å². The summed E-state index contributed by atoms with van der Waals surface area (Å²) in [6.07, 6.45) is 4.08. The molecule has 1 N–H and O–H groups in total.